The fourth-order valence-corrected chi connectivity index (χ4v) is 1.93. The molecule has 0 aliphatic heterocycles. The highest BCUT2D eigenvalue weighted by atomic mass is 32.1. The number of nitrogen functional groups attached to an aromatic ring is 1. The van der Waals surface area contributed by atoms with E-state index in [1.54, 1.807) is 6.20 Å². The third-order valence-electron chi connectivity index (χ3n) is 1.93. The van der Waals surface area contributed by atoms with Crippen LogP contribution >= 0.6 is 11.3 Å². The second-order valence-corrected chi connectivity index (χ2v) is 4.01. The molecular weight excluding hydrogens is 196 g/mol. The van der Waals surface area contributed by atoms with Crippen LogP contribution in [0.5, 0.6) is 0 Å². The summed E-state index contributed by atoms with van der Waals surface area (Å²) < 4.78 is 0. The van der Waals surface area contributed by atoms with Gasteiger partial charge in [0.15, 0.2) is 5.13 Å². The number of rotatable bonds is 2. The molecule has 0 saturated heterocycles. The number of thiazole rings is 1. The topological polar surface area (TPSA) is 59.1 Å². The Morgan fingerprint density at radius 3 is 2.57 bits per heavy atom. The molecule has 1 heterocycles. The van der Waals surface area contributed by atoms with Crippen molar-refractivity contribution in [2.45, 2.75) is 6.10 Å². The van der Waals surface area contributed by atoms with E-state index >= 15 is 0 Å². The number of aliphatic hydroxyl groups excluding tert-OH is 1. The Kier molecular flexibility index (Phi) is 2.47. The molecule has 4 heteroatoms. The predicted octanol–water partition coefficient (Wildman–Crippen LogP) is 1.81. The third kappa shape index (κ3) is 1.76. The van der Waals surface area contributed by atoms with Crippen molar-refractivity contribution in [2.24, 2.45) is 0 Å². The Balaban J connectivity index is 2.29. The molecule has 2 aromatic rings. The van der Waals surface area contributed by atoms with Crippen molar-refractivity contribution in [3.05, 3.63) is 47.0 Å². The first-order chi connectivity index (χ1) is 6.77. The van der Waals surface area contributed by atoms with Gasteiger partial charge >= 0.3 is 0 Å². The standard InChI is InChI=1S/C10H10N2OS/c11-10-12-6-8(14-10)9(13)7-4-2-1-3-5-7/h1-6,9,13H,(H2,11,12). The van der Waals surface area contributed by atoms with E-state index in [9.17, 15) is 5.11 Å². The summed E-state index contributed by atoms with van der Waals surface area (Å²) in [5, 5.41) is 10.4. The van der Waals surface area contributed by atoms with Crippen LogP contribution in [0.3, 0.4) is 0 Å². The van der Waals surface area contributed by atoms with E-state index in [1.165, 1.54) is 11.3 Å². The summed E-state index contributed by atoms with van der Waals surface area (Å²) in [5.74, 6) is 0. The van der Waals surface area contributed by atoms with Crippen LogP contribution in [0, 0.1) is 0 Å². The lowest BCUT2D eigenvalue weighted by atomic mass is 10.1. The lowest BCUT2D eigenvalue weighted by molar-refractivity contribution is 0.224. The van der Waals surface area contributed by atoms with Gasteiger partial charge in [0.1, 0.15) is 6.10 Å². The van der Waals surface area contributed by atoms with E-state index in [0.29, 0.717) is 5.13 Å². The van der Waals surface area contributed by atoms with Crippen molar-refractivity contribution < 1.29 is 5.11 Å². The van der Waals surface area contributed by atoms with Crippen LogP contribution in [0.2, 0.25) is 0 Å². The lowest BCUT2D eigenvalue weighted by Crippen LogP contribution is -1.95. The van der Waals surface area contributed by atoms with Gasteiger partial charge in [-0.25, -0.2) is 4.98 Å². The van der Waals surface area contributed by atoms with Gasteiger partial charge in [-0.3, -0.25) is 0 Å². The number of hydrogen-bond acceptors (Lipinski definition) is 4. The molecule has 0 bridgehead atoms. The summed E-state index contributed by atoms with van der Waals surface area (Å²) >= 11 is 1.31. The minimum Gasteiger partial charge on any atom is -0.383 e. The highest BCUT2D eigenvalue weighted by Crippen LogP contribution is 2.27. The van der Waals surface area contributed by atoms with Gasteiger partial charge in [-0.1, -0.05) is 41.7 Å². The molecule has 1 unspecified atom stereocenters. The molecule has 3 nitrogen and oxygen atoms in total. The van der Waals surface area contributed by atoms with E-state index in [4.69, 9.17) is 5.73 Å². The van der Waals surface area contributed by atoms with Crippen LogP contribution in [0.25, 0.3) is 0 Å². The Bertz CT molecular complexity index is 413. The summed E-state index contributed by atoms with van der Waals surface area (Å²) in [7, 11) is 0. The molecule has 1 atom stereocenters. The zero-order valence-electron chi connectivity index (χ0n) is 7.42. The summed E-state index contributed by atoms with van der Waals surface area (Å²) in [5.41, 5.74) is 6.35. The number of aromatic nitrogens is 1. The van der Waals surface area contributed by atoms with Gasteiger partial charge in [-0.2, -0.15) is 0 Å². The minimum atomic E-state index is -0.619. The molecule has 0 amide bonds. The zero-order valence-corrected chi connectivity index (χ0v) is 8.24. The fourth-order valence-electron chi connectivity index (χ4n) is 1.23. The molecule has 1 aromatic carbocycles. The van der Waals surface area contributed by atoms with Gasteiger partial charge in [-0.05, 0) is 5.56 Å². The van der Waals surface area contributed by atoms with Gasteiger partial charge < -0.3 is 10.8 Å². The Hall–Kier alpha value is -1.39. The maximum Gasteiger partial charge on any atom is 0.180 e. The first-order valence-corrected chi connectivity index (χ1v) is 5.03. The zero-order chi connectivity index (χ0) is 9.97. The second-order valence-electron chi connectivity index (χ2n) is 2.91. The Labute approximate surface area is 85.8 Å². The van der Waals surface area contributed by atoms with Crippen molar-refractivity contribution in [2.75, 3.05) is 5.73 Å². The largest absolute Gasteiger partial charge is 0.383 e. The van der Waals surface area contributed by atoms with Crippen molar-refractivity contribution in [1.29, 1.82) is 0 Å². The maximum atomic E-state index is 9.92. The van der Waals surface area contributed by atoms with Gasteiger partial charge in [0.2, 0.25) is 0 Å². The highest BCUT2D eigenvalue weighted by molar-refractivity contribution is 7.15. The molecular formula is C10H10N2OS. The first kappa shape index (κ1) is 9.18. The average Bonchev–Trinajstić information content (AvgIpc) is 2.65. The van der Waals surface area contributed by atoms with Gasteiger partial charge in [0.25, 0.3) is 0 Å². The molecule has 2 rings (SSSR count). The van der Waals surface area contributed by atoms with Gasteiger partial charge in [0.05, 0.1) is 4.88 Å². The van der Waals surface area contributed by atoms with E-state index in [1.807, 2.05) is 30.3 Å². The van der Waals surface area contributed by atoms with Crippen LogP contribution in [0.4, 0.5) is 5.13 Å². The molecule has 14 heavy (non-hydrogen) atoms. The number of anilines is 1. The first-order valence-electron chi connectivity index (χ1n) is 4.21. The fraction of sp³-hybridized carbons (Fsp3) is 0.100. The molecule has 0 fully saturated rings. The maximum absolute atomic E-state index is 9.92. The SMILES string of the molecule is Nc1ncc(C(O)c2ccccc2)s1. The van der Waals surface area contributed by atoms with Crippen LogP contribution < -0.4 is 5.73 Å². The smallest absolute Gasteiger partial charge is 0.180 e. The van der Waals surface area contributed by atoms with Crippen molar-refractivity contribution in [1.82, 2.24) is 4.98 Å². The molecule has 1 aromatic heterocycles. The summed E-state index contributed by atoms with van der Waals surface area (Å²) in [6.45, 7) is 0. The molecule has 0 spiro atoms. The molecule has 0 aliphatic carbocycles. The van der Waals surface area contributed by atoms with Crippen molar-refractivity contribution in [3.63, 3.8) is 0 Å². The number of hydrogen-bond donors (Lipinski definition) is 2. The third-order valence-corrected chi connectivity index (χ3v) is 2.81. The van der Waals surface area contributed by atoms with E-state index in [-0.39, 0.29) is 0 Å². The number of nitrogens with zero attached hydrogens (tertiary/aromatic N) is 1. The van der Waals surface area contributed by atoms with E-state index in [0.717, 1.165) is 10.4 Å². The second kappa shape index (κ2) is 3.77. The van der Waals surface area contributed by atoms with Crippen LogP contribution in [-0.2, 0) is 0 Å². The summed E-state index contributed by atoms with van der Waals surface area (Å²) in [6, 6.07) is 9.45. The number of aliphatic hydroxyl groups is 1. The highest BCUT2D eigenvalue weighted by Gasteiger charge is 2.12. The lowest BCUT2D eigenvalue weighted by Gasteiger charge is -2.06. The quantitative estimate of drug-likeness (QED) is 0.787. The van der Waals surface area contributed by atoms with Gasteiger partial charge in [0, 0.05) is 6.20 Å². The average molecular weight is 206 g/mol. The predicted molar refractivity (Wildman–Crippen MR) is 57.0 cm³/mol. The van der Waals surface area contributed by atoms with E-state index in [2.05, 4.69) is 4.98 Å². The minimum absolute atomic E-state index is 0.481. The van der Waals surface area contributed by atoms with Crippen LogP contribution in [0.1, 0.15) is 16.5 Å². The molecule has 0 radical (unpaired) electrons. The molecule has 0 aliphatic rings. The normalized spacial score (nSPS) is 12.6. The van der Waals surface area contributed by atoms with E-state index < -0.39 is 6.10 Å². The number of benzene rings is 1. The molecule has 72 valence electrons. The van der Waals surface area contributed by atoms with Crippen molar-refractivity contribution >= 4 is 16.5 Å². The summed E-state index contributed by atoms with van der Waals surface area (Å²) in [6.07, 6.45) is 0.989. The Morgan fingerprint density at radius 2 is 2.00 bits per heavy atom. The number of nitrogens with two attached hydrogens (primary N) is 1. The summed E-state index contributed by atoms with van der Waals surface area (Å²) in [4.78, 5) is 4.67. The van der Waals surface area contributed by atoms with Crippen LogP contribution in [-0.4, -0.2) is 10.1 Å². The molecule has 0 saturated carbocycles. The van der Waals surface area contributed by atoms with Gasteiger partial charge in [-0.15, -0.1) is 0 Å². The van der Waals surface area contributed by atoms with Crippen LogP contribution in [0.15, 0.2) is 36.5 Å². The Morgan fingerprint density at radius 1 is 1.29 bits per heavy atom. The monoisotopic (exact) mass is 206 g/mol. The van der Waals surface area contributed by atoms with Crippen molar-refractivity contribution in [3.8, 4) is 0 Å². The molecule has 3 N–H and O–H groups in total.